The first kappa shape index (κ1) is 30.2. The van der Waals surface area contributed by atoms with Crippen molar-refractivity contribution in [1.82, 2.24) is 4.98 Å². The van der Waals surface area contributed by atoms with Crippen LogP contribution < -0.4 is 9.36 Å². The normalized spacial score (nSPS) is 11.4. The van der Waals surface area contributed by atoms with Crippen LogP contribution in [0.15, 0.2) is 180 Å². The third-order valence-corrected chi connectivity index (χ3v) is 11.0. The maximum absolute atomic E-state index is 6.65. The second kappa shape index (κ2) is 12.8. The van der Waals surface area contributed by atoms with Gasteiger partial charge in [0.1, 0.15) is 0 Å². The molecule has 0 radical (unpaired) electrons. The van der Waals surface area contributed by atoms with E-state index in [0.717, 1.165) is 49.9 Å². The van der Waals surface area contributed by atoms with Crippen molar-refractivity contribution in [1.29, 1.82) is 0 Å². The fourth-order valence-electron chi connectivity index (χ4n) is 7.01. The Kier molecular flexibility index (Phi) is 7.74. The van der Waals surface area contributed by atoms with E-state index in [2.05, 4.69) is 156 Å². The molecule has 0 bridgehead atoms. The van der Waals surface area contributed by atoms with Gasteiger partial charge in [0.2, 0.25) is 0 Å². The van der Waals surface area contributed by atoms with Crippen LogP contribution in [0.2, 0.25) is 5.82 Å². The van der Waals surface area contributed by atoms with Crippen LogP contribution in [0.4, 0.5) is 17.1 Å². The van der Waals surface area contributed by atoms with Gasteiger partial charge in [-0.05, 0) is 12.1 Å². The molecule has 50 heavy (non-hydrogen) atoms. The zero-order chi connectivity index (χ0) is 33.4. The predicted molar refractivity (Wildman–Crippen MR) is 211 cm³/mol. The van der Waals surface area contributed by atoms with Crippen molar-refractivity contribution in [2.75, 3.05) is 4.90 Å². The van der Waals surface area contributed by atoms with Gasteiger partial charge in [0, 0.05) is 0 Å². The Balaban J connectivity index is 1.31. The van der Waals surface area contributed by atoms with Gasteiger partial charge >= 0.3 is 262 Å². The number of nitrogens with zero attached hydrogens (tertiary/aromatic N) is 2. The molecule has 9 rings (SSSR count). The van der Waals surface area contributed by atoms with Crippen LogP contribution >= 0.6 is 0 Å². The van der Waals surface area contributed by atoms with Crippen molar-refractivity contribution in [3.63, 3.8) is 0 Å². The molecular formula is C46H32N2OSe. The molecule has 3 nitrogen and oxygen atoms in total. The Morgan fingerprint density at radius 1 is 0.500 bits per heavy atom. The number of aromatic nitrogens is 1. The molecule has 0 amide bonds. The fourth-order valence-corrected chi connectivity index (χ4v) is 8.36. The second-order valence-corrected chi connectivity index (χ2v) is 14.1. The van der Waals surface area contributed by atoms with E-state index < -0.39 is 0 Å². The summed E-state index contributed by atoms with van der Waals surface area (Å²) in [4.78, 5) is 7.33. The average molecular weight is 708 g/mol. The number of anilines is 3. The molecule has 1 aromatic heterocycles. The van der Waals surface area contributed by atoms with Gasteiger partial charge in [0.15, 0.2) is 0 Å². The second-order valence-electron chi connectivity index (χ2n) is 12.3. The van der Waals surface area contributed by atoms with Crippen LogP contribution in [0.5, 0.6) is 0 Å². The van der Waals surface area contributed by atoms with E-state index in [1.54, 1.807) is 0 Å². The van der Waals surface area contributed by atoms with Crippen LogP contribution in [-0.4, -0.2) is 19.9 Å². The predicted octanol–water partition coefficient (Wildman–Crippen LogP) is 12.0. The summed E-state index contributed by atoms with van der Waals surface area (Å²) in [6.07, 6.45) is 0. The van der Waals surface area contributed by atoms with Gasteiger partial charge in [-0.25, -0.2) is 0 Å². The van der Waals surface area contributed by atoms with E-state index in [9.17, 15) is 0 Å². The Bertz CT molecular complexity index is 2620. The Morgan fingerprint density at radius 3 is 1.78 bits per heavy atom. The summed E-state index contributed by atoms with van der Waals surface area (Å²) < 4.78 is 8.03. The molecule has 0 fully saturated rings. The molecular weight excluding hydrogens is 675 g/mol. The molecule has 0 saturated heterocycles. The first-order valence-corrected chi connectivity index (χ1v) is 19.3. The van der Waals surface area contributed by atoms with Crippen LogP contribution in [0.25, 0.3) is 66.4 Å². The molecule has 0 atom stereocenters. The third-order valence-electron chi connectivity index (χ3n) is 9.36. The standard InChI is InChI=1S/C46H32N2OSe/c1-50-43-30-37(23-25-38(43)31-14-6-2-7-15-31)48(35-20-12-5-13-21-35)36-24-26-39-40(32-16-8-3-9-17-32)28-34-22-27-42-45(44(34)41(39)29-36)49-46(47-42)33-18-10-4-11-19-33/h2-30H,1H3. The quantitative estimate of drug-likeness (QED) is 0.122. The topological polar surface area (TPSA) is 29.3 Å². The number of fused-ring (bicyclic) bond motifs is 5. The van der Waals surface area contributed by atoms with Gasteiger partial charge in [0.25, 0.3) is 0 Å². The molecule has 238 valence electrons. The van der Waals surface area contributed by atoms with Crippen molar-refractivity contribution < 1.29 is 4.42 Å². The van der Waals surface area contributed by atoms with E-state index in [1.807, 2.05) is 30.3 Å². The summed E-state index contributed by atoms with van der Waals surface area (Å²) in [7, 11) is 0. The van der Waals surface area contributed by atoms with Crippen LogP contribution in [-0.2, 0) is 0 Å². The summed E-state index contributed by atoms with van der Waals surface area (Å²) in [5.41, 5.74) is 10.9. The molecule has 0 aliphatic rings. The molecule has 8 aromatic carbocycles. The summed E-state index contributed by atoms with van der Waals surface area (Å²) in [6, 6.07) is 62.5. The minimum atomic E-state index is 0.294. The summed E-state index contributed by atoms with van der Waals surface area (Å²) in [5.74, 6) is 2.92. The molecule has 4 heteroatoms. The number of rotatable bonds is 7. The van der Waals surface area contributed by atoms with Gasteiger partial charge in [-0.15, -0.1) is 0 Å². The van der Waals surface area contributed by atoms with Crippen LogP contribution in [0.1, 0.15) is 0 Å². The third kappa shape index (κ3) is 5.36. The zero-order valence-corrected chi connectivity index (χ0v) is 29.2. The molecule has 0 N–H and O–H groups in total. The SMILES string of the molecule is C[Se]c1cc(N(c2ccccc2)c2ccc3c(-c4ccccc4)cc4ccc5nc(-c6ccccc6)oc5c4c3c2)ccc1-c1ccccc1. The fraction of sp³-hybridized carbons (Fsp3) is 0.0217. The van der Waals surface area contributed by atoms with Crippen molar-refractivity contribution in [3.05, 3.63) is 176 Å². The van der Waals surface area contributed by atoms with E-state index in [-0.39, 0.29) is 0 Å². The van der Waals surface area contributed by atoms with Gasteiger partial charge in [-0.1, -0.05) is 24.3 Å². The Hall–Kier alpha value is -5.93. The number of hydrogen-bond donors (Lipinski definition) is 0. The minimum absolute atomic E-state index is 0.294. The number of hydrogen-bond acceptors (Lipinski definition) is 3. The van der Waals surface area contributed by atoms with E-state index >= 15 is 0 Å². The number of para-hydroxylation sites is 1. The number of benzene rings is 8. The maximum atomic E-state index is 6.65. The van der Waals surface area contributed by atoms with Gasteiger partial charge in [-0.2, -0.15) is 0 Å². The average Bonchev–Trinajstić information content (AvgIpc) is 3.64. The van der Waals surface area contributed by atoms with E-state index in [4.69, 9.17) is 9.40 Å². The van der Waals surface area contributed by atoms with E-state index in [1.165, 1.54) is 32.1 Å². The van der Waals surface area contributed by atoms with Crippen LogP contribution in [0.3, 0.4) is 0 Å². The van der Waals surface area contributed by atoms with Crippen molar-refractivity contribution in [2.45, 2.75) is 5.82 Å². The van der Waals surface area contributed by atoms with Gasteiger partial charge in [0.05, 0.1) is 0 Å². The first-order valence-electron chi connectivity index (χ1n) is 16.7. The van der Waals surface area contributed by atoms with Crippen molar-refractivity contribution in [3.8, 4) is 33.7 Å². The first-order chi connectivity index (χ1) is 24.7. The van der Waals surface area contributed by atoms with Crippen molar-refractivity contribution in [2.24, 2.45) is 0 Å². The summed E-state index contributed by atoms with van der Waals surface area (Å²) in [6.45, 7) is 0. The van der Waals surface area contributed by atoms with E-state index in [0.29, 0.717) is 20.8 Å². The van der Waals surface area contributed by atoms with Gasteiger partial charge < -0.3 is 0 Å². The molecule has 0 spiro atoms. The molecule has 0 unspecified atom stereocenters. The van der Waals surface area contributed by atoms with Crippen molar-refractivity contribution >= 4 is 69.1 Å². The molecule has 1 heterocycles. The molecule has 0 saturated carbocycles. The zero-order valence-electron chi connectivity index (χ0n) is 27.5. The Morgan fingerprint density at radius 2 is 1.10 bits per heavy atom. The summed E-state index contributed by atoms with van der Waals surface area (Å²) in [5, 5.41) is 4.48. The molecule has 9 aromatic rings. The van der Waals surface area contributed by atoms with Crippen LogP contribution in [0, 0.1) is 0 Å². The Labute approximate surface area is 297 Å². The number of oxazole rings is 1. The monoisotopic (exact) mass is 708 g/mol. The van der Waals surface area contributed by atoms with Gasteiger partial charge in [-0.3, -0.25) is 0 Å². The molecule has 0 aliphatic carbocycles. The molecule has 0 aliphatic heterocycles. The summed E-state index contributed by atoms with van der Waals surface area (Å²) >= 11 is 0.294.